The lowest BCUT2D eigenvalue weighted by molar-refractivity contribution is -0.117. The van der Waals surface area contributed by atoms with Crippen LogP contribution in [0, 0.1) is 13.8 Å². The second-order valence-corrected chi connectivity index (χ2v) is 8.82. The van der Waals surface area contributed by atoms with E-state index in [0.717, 1.165) is 65.4 Å². The first-order valence-corrected chi connectivity index (χ1v) is 11.8. The van der Waals surface area contributed by atoms with E-state index in [0.29, 0.717) is 5.56 Å². The molecule has 4 rings (SSSR count). The molecule has 0 aliphatic carbocycles. The summed E-state index contributed by atoms with van der Waals surface area (Å²) in [6.07, 6.45) is 3.08. The number of piperazine rings is 1. The second kappa shape index (κ2) is 12.5. The Bertz CT molecular complexity index is 1250. The van der Waals surface area contributed by atoms with Gasteiger partial charge in [-0.15, -0.1) is 12.4 Å². The first-order chi connectivity index (χ1) is 16.9. The van der Waals surface area contributed by atoms with Crippen molar-refractivity contribution >= 4 is 41.5 Å². The van der Waals surface area contributed by atoms with E-state index in [1.807, 2.05) is 56.3 Å². The number of nitrogens with zero attached hydrogens (tertiary/aromatic N) is 1. The fourth-order valence-corrected chi connectivity index (χ4v) is 4.22. The summed E-state index contributed by atoms with van der Waals surface area (Å²) in [5, 5.41) is 15.5. The van der Waals surface area contributed by atoms with Crippen LogP contribution in [0.15, 0.2) is 66.7 Å². The maximum Gasteiger partial charge on any atom is 0.255 e. The summed E-state index contributed by atoms with van der Waals surface area (Å²) >= 11 is 0. The molecule has 7 heteroatoms. The maximum absolute atomic E-state index is 13.1. The van der Waals surface area contributed by atoms with Gasteiger partial charge in [0.05, 0.1) is 5.69 Å². The minimum atomic E-state index is -0.503. The number of aliphatic hydroxyl groups excluding tert-OH is 1. The van der Waals surface area contributed by atoms with Crippen molar-refractivity contribution in [2.75, 3.05) is 43.0 Å². The fraction of sp³-hybridized carbons (Fsp3) is 0.241. The van der Waals surface area contributed by atoms with Crippen LogP contribution in [0.3, 0.4) is 0 Å². The lowest BCUT2D eigenvalue weighted by Gasteiger charge is -2.30. The third kappa shape index (κ3) is 6.61. The number of anilines is 2. The van der Waals surface area contributed by atoms with E-state index in [-0.39, 0.29) is 24.1 Å². The standard InChI is InChI=1S/C29H31N3O3.ClH/c1-20-3-7-23(8-4-20)29(35)31-28-18-24(32-15-13-30-14-16-32)9-12-27(28)26-11-6-22(17-21(26)2)5-10-25(34)19-33;/h3-12,17-18,30,33H,13-16,19H2,1-2H3,(H,31,35);1H/b10-5+;. The topological polar surface area (TPSA) is 81.7 Å². The predicted octanol–water partition coefficient (Wildman–Crippen LogP) is 4.63. The molecule has 1 fully saturated rings. The summed E-state index contributed by atoms with van der Waals surface area (Å²) in [6.45, 7) is 7.19. The van der Waals surface area contributed by atoms with Gasteiger partial charge in [-0.25, -0.2) is 0 Å². The van der Waals surface area contributed by atoms with Gasteiger partial charge in [-0.05, 0) is 60.9 Å². The number of halogens is 1. The molecule has 36 heavy (non-hydrogen) atoms. The molecule has 0 spiro atoms. The Morgan fingerprint density at radius 3 is 2.33 bits per heavy atom. The van der Waals surface area contributed by atoms with Gasteiger partial charge in [0.25, 0.3) is 5.91 Å². The van der Waals surface area contributed by atoms with Crippen LogP contribution in [0.2, 0.25) is 0 Å². The Hall–Kier alpha value is -3.45. The lowest BCUT2D eigenvalue weighted by atomic mass is 9.96. The monoisotopic (exact) mass is 505 g/mol. The van der Waals surface area contributed by atoms with Crippen molar-refractivity contribution < 1.29 is 14.7 Å². The zero-order chi connectivity index (χ0) is 24.8. The Labute approximate surface area is 218 Å². The highest BCUT2D eigenvalue weighted by atomic mass is 35.5. The molecule has 0 aromatic heterocycles. The van der Waals surface area contributed by atoms with Gasteiger partial charge in [-0.2, -0.15) is 0 Å². The van der Waals surface area contributed by atoms with Crippen LogP contribution in [0.4, 0.5) is 11.4 Å². The number of hydrogen-bond donors (Lipinski definition) is 3. The van der Waals surface area contributed by atoms with Crippen LogP contribution >= 0.6 is 12.4 Å². The summed E-state index contributed by atoms with van der Waals surface area (Å²) in [5.74, 6) is -0.486. The number of rotatable bonds is 7. The molecule has 0 radical (unpaired) electrons. The largest absolute Gasteiger partial charge is 0.388 e. The zero-order valence-electron chi connectivity index (χ0n) is 20.6. The van der Waals surface area contributed by atoms with Crippen LogP contribution in [-0.2, 0) is 4.79 Å². The first-order valence-electron chi connectivity index (χ1n) is 11.8. The Morgan fingerprint density at radius 1 is 0.972 bits per heavy atom. The van der Waals surface area contributed by atoms with E-state index < -0.39 is 6.61 Å². The van der Waals surface area contributed by atoms with Gasteiger partial charge in [0, 0.05) is 43.0 Å². The molecule has 0 saturated carbocycles. The molecule has 3 N–H and O–H groups in total. The van der Waals surface area contributed by atoms with E-state index >= 15 is 0 Å². The Morgan fingerprint density at radius 2 is 1.67 bits per heavy atom. The van der Waals surface area contributed by atoms with Crippen LogP contribution in [0.1, 0.15) is 27.0 Å². The van der Waals surface area contributed by atoms with Crippen LogP contribution < -0.4 is 15.5 Å². The molecule has 1 saturated heterocycles. The average Bonchev–Trinajstić information content (AvgIpc) is 2.88. The minimum Gasteiger partial charge on any atom is -0.388 e. The number of carbonyl (C=O) groups is 2. The van der Waals surface area contributed by atoms with Crippen LogP contribution in [0.25, 0.3) is 17.2 Å². The minimum absolute atomic E-state index is 0. The van der Waals surface area contributed by atoms with Crippen molar-refractivity contribution in [1.29, 1.82) is 0 Å². The van der Waals surface area contributed by atoms with E-state index in [4.69, 9.17) is 5.11 Å². The number of amides is 1. The molecule has 3 aromatic rings. The van der Waals surface area contributed by atoms with E-state index in [9.17, 15) is 9.59 Å². The van der Waals surface area contributed by atoms with Gasteiger partial charge in [-0.1, -0.05) is 48.0 Å². The smallest absolute Gasteiger partial charge is 0.255 e. The lowest BCUT2D eigenvalue weighted by Crippen LogP contribution is -2.43. The number of aliphatic hydroxyl groups is 1. The SMILES string of the molecule is Cc1ccc(C(=O)Nc2cc(N3CCNCC3)ccc2-c2ccc(/C=C/C(=O)CO)cc2C)cc1.Cl. The van der Waals surface area contributed by atoms with Crippen molar-refractivity contribution in [1.82, 2.24) is 5.32 Å². The Kier molecular flexibility index (Phi) is 9.42. The molecule has 1 heterocycles. The molecule has 3 aromatic carbocycles. The van der Waals surface area contributed by atoms with Crippen molar-refractivity contribution in [2.45, 2.75) is 13.8 Å². The van der Waals surface area contributed by atoms with Crippen molar-refractivity contribution in [3.8, 4) is 11.1 Å². The third-order valence-electron chi connectivity index (χ3n) is 6.21. The fourth-order valence-electron chi connectivity index (χ4n) is 4.22. The molecule has 1 aliphatic rings. The molecule has 0 unspecified atom stereocenters. The van der Waals surface area contributed by atoms with Crippen molar-refractivity contribution in [3.63, 3.8) is 0 Å². The molecule has 0 atom stereocenters. The van der Waals surface area contributed by atoms with Gasteiger partial charge in [0.15, 0.2) is 5.78 Å². The highest BCUT2D eigenvalue weighted by Gasteiger charge is 2.17. The highest BCUT2D eigenvalue weighted by Crippen LogP contribution is 2.35. The van der Waals surface area contributed by atoms with Gasteiger partial charge in [0.1, 0.15) is 6.61 Å². The van der Waals surface area contributed by atoms with Gasteiger partial charge < -0.3 is 20.6 Å². The van der Waals surface area contributed by atoms with Gasteiger partial charge in [-0.3, -0.25) is 9.59 Å². The maximum atomic E-state index is 13.1. The van der Waals surface area contributed by atoms with Crippen LogP contribution in [0.5, 0.6) is 0 Å². The molecule has 1 aliphatic heterocycles. The molecule has 6 nitrogen and oxygen atoms in total. The number of aryl methyl sites for hydroxylation is 2. The normalized spacial score (nSPS) is 13.4. The molecular weight excluding hydrogens is 474 g/mol. The number of nitrogens with one attached hydrogen (secondary N) is 2. The van der Waals surface area contributed by atoms with Crippen molar-refractivity contribution in [3.05, 3.63) is 89.0 Å². The summed E-state index contributed by atoms with van der Waals surface area (Å²) in [4.78, 5) is 26.9. The Balaban J connectivity index is 0.00000361. The third-order valence-corrected chi connectivity index (χ3v) is 6.21. The van der Waals surface area contributed by atoms with E-state index in [1.54, 1.807) is 6.08 Å². The molecule has 188 valence electrons. The summed E-state index contributed by atoms with van der Waals surface area (Å²) < 4.78 is 0. The molecule has 1 amide bonds. The van der Waals surface area contributed by atoms with E-state index in [1.165, 1.54) is 6.08 Å². The average molecular weight is 506 g/mol. The summed E-state index contributed by atoms with van der Waals surface area (Å²) in [6, 6.07) is 19.7. The second-order valence-electron chi connectivity index (χ2n) is 8.82. The predicted molar refractivity (Wildman–Crippen MR) is 149 cm³/mol. The number of carbonyl (C=O) groups excluding carboxylic acids is 2. The van der Waals surface area contributed by atoms with Crippen LogP contribution in [-0.4, -0.2) is 49.6 Å². The number of hydrogen-bond acceptors (Lipinski definition) is 5. The summed E-state index contributed by atoms with van der Waals surface area (Å²) in [7, 11) is 0. The summed E-state index contributed by atoms with van der Waals surface area (Å²) in [5.41, 5.74) is 7.38. The number of ketones is 1. The van der Waals surface area contributed by atoms with Gasteiger partial charge in [0.2, 0.25) is 0 Å². The highest BCUT2D eigenvalue weighted by molar-refractivity contribution is 6.07. The zero-order valence-corrected chi connectivity index (χ0v) is 21.4. The number of benzene rings is 3. The first kappa shape index (κ1) is 27.1. The van der Waals surface area contributed by atoms with Crippen molar-refractivity contribution in [2.24, 2.45) is 0 Å². The molecular formula is C29H32ClN3O3. The quantitative estimate of drug-likeness (QED) is 0.408. The van der Waals surface area contributed by atoms with E-state index in [2.05, 4.69) is 33.7 Å². The van der Waals surface area contributed by atoms with Gasteiger partial charge >= 0.3 is 0 Å². The molecule has 0 bridgehead atoms.